The molecular weight excluding hydrogens is 582 g/mol. The van der Waals surface area contributed by atoms with E-state index in [1.165, 1.54) is 19.2 Å². The molecule has 1 amide bonds. The zero-order chi connectivity index (χ0) is 32.6. The van der Waals surface area contributed by atoms with Crippen LogP contribution in [0.3, 0.4) is 0 Å². The Bertz CT molecular complexity index is 1830. The first-order valence-corrected chi connectivity index (χ1v) is 14.3. The van der Waals surface area contributed by atoms with Crippen LogP contribution in [0, 0.1) is 13.8 Å². The van der Waals surface area contributed by atoms with E-state index in [0.29, 0.717) is 11.1 Å². The molecule has 11 nitrogen and oxygen atoms in total. The number of Topliss-reactive ketones (excluding diaryl/α,β-unsaturated/α-hetero) is 1. The zero-order valence-electron chi connectivity index (χ0n) is 25.5. The fourth-order valence-corrected chi connectivity index (χ4v) is 5.72. The SMILES string of the molecule is CO[C@@H]1[C@@H](OC(N)=O)[C@@H](O)[C@H](Oc2ccc3c(O)c(CC(=O)c4cccc(-c5cccc(C)c5)c4)c(=O)oc3c2C)OC1(C)C. The lowest BCUT2D eigenvalue weighted by molar-refractivity contribution is -0.304. The van der Waals surface area contributed by atoms with Gasteiger partial charge in [0.25, 0.3) is 0 Å². The monoisotopic (exact) mass is 617 g/mol. The van der Waals surface area contributed by atoms with Crippen LogP contribution in [0.1, 0.15) is 40.9 Å². The van der Waals surface area contributed by atoms with Crippen molar-refractivity contribution in [3.05, 3.63) is 93.3 Å². The van der Waals surface area contributed by atoms with E-state index >= 15 is 0 Å². The minimum Gasteiger partial charge on any atom is -0.507 e. The van der Waals surface area contributed by atoms with Gasteiger partial charge in [0.2, 0.25) is 6.29 Å². The lowest BCUT2D eigenvalue weighted by Crippen LogP contribution is -2.65. The van der Waals surface area contributed by atoms with Gasteiger partial charge in [-0.05, 0) is 57.0 Å². The highest BCUT2D eigenvalue weighted by molar-refractivity contribution is 6.00. The summed E-state index contributed by atoms with van der Waals surface area (Å²) in [6, 6.07) is 17.9. The van der Waals surface area contributed by atoms with Crippen LogP contribution in [0.15, 0.2) is 69.9 Å². The second-order valence-corrected chi connectivity index (χ2v) is 11.6. The molecule has 2 heterocycles. The molecular formula is C34H35NO10. The fraction of sp³-hybridized carbons (Fsp3) is 0.324. The lowest BCUT2D eigenvalue weighted by Gasteiger charge is -2.47. The van der Waals surface area contributed by atoms with Crippen LogP contribution >= 0.6 is 0 Å². The molecule has 5 rings (SSSR count). The van der Waals surface area contributed by atoms with Gasteiger partial charge in [-0.1, -0.05) is 48.0 Å². The first-order valence-electron chi connectivity index (χ1n) is 14.3. The van der Waals surface area contributed by atoms with Crippen LogP contribution in [-0.4, -0.2) is 59.4 Å². The summed E-state index contributed by atoms with van der Waals surface area (Å²) < 4.78 is 28.1. The zero-order valence-corrected chi connectivity index (χ0v) is 25.5. The number of hydrogen-bond donors (Lipinski definition) is 3. The van der Waals surface area contributed by atoms with Crippen LogP contribution in [-0.2, 0) is 20.6 Å². The molecule has 0 radical (unpaired) electrons. The number of carbonyl (C=O) groups excluding carboxylic acids is 2. The van der Waals surface area contributed by atoms with Crippen molar-refractivity contribution in [2.75, 3.05) is 7.11 Å². The van der Waals surface area contributed by atoms with Crippen LogP contribution in [0.4, 0.5) is 4.79 Å². The predicted molar refractivity (Wildman–Crippen MR) is 164 cm³/mol. The second kappa shape index (κ2) is 12.4. The van der Waals surface area contributed by atoms with Crippen molar-refractivity contribution in [1.82, 2.24) is 0 Å². The van der Waals surface area contributed by atoms with Gasteiger partial charge in [-0.15, -0.1) is 0 Å². The van der Waals surface area contributed by atoms with Crippen molar-refractivity contribution in [1.29, 1.82) is 0 Å². The Hall–Kier alpha value is -4.71. The van der Waals surface area contributed by atoms with Gasteiger partial charge in [0, 0.05) is 24.7 Å². The Kier molecular flexibility index (Phi) is 8.70. The van der Waals surface area contributed by atoms with Gasteiger partial charge >= 0.3 is 11.7 Å². The van der Waals surface area contributed by atoms with E-state index in [1.54, 1.807) is 39.0 Å². The molecule has 0 bridgehead atoms. The Morgan fingerprint density at radius 3 is 2.38 bits per heavy atom. The Morgan fingerprint density at radius 1 is 1.02 bits per heavy atom. The third-order valence-electron chi connectivity index (χ3n) is 7.98. The average molecular weight is 618 g/mol. The third-order valence-corrected chi connectivity index (χ3v) is 7.98. The smallest absolute Gasteiger partial charge is 0.404 e. The van der Waals surface area contributed by atoms with Crippen LogP contribution in [0.2, 0.25) is 0 Å². The molecule has 4 atom stereocenters. The number of fused-ring (bicyclic) bond motifs is 1. The number of ether oxygens (including phenoxy) is 4. The molecule has 1 aliphatic heterocycles. The molecule has 1 fully saturated rings. The van der Waals surface area contributed by atoms with E-state index in [1.807, 2.05) is 37.3 Å². The molecule has 0 aliphatic carbocycles. The number of methoxy groups -OCH3 is 1. The number of hydrogen-bond acceptors (Lipinski definition) is 10. The summed E-state index contributed by atoms with van der Waals surface area (Å²) in [6.45, 7) is 6.93. The molecule has 1 saturated heterocycles. The van der Waals surface area contributed by atoms with Crippen LogP contribution < -0.4 is 16.1 Å². The highest BCUT2D eigenvalue weighted by Gasteiger charge is 2.53. The number of carbonyl (C=O) groups is 2. The topological polar surface area (TPSA) is 168 Å². The second-order valence-electron chi connectivity index (χ2n) is 11.6. The van der Waals surface area contributed by atoms with Gasteiger partial charge in [-0.25, -0.2) is 9.59 Å². The van der Waals surface area contributed by atoms with Crippen molar-refractivity contribution in [2.45, 2.75) is 64.3 Å². The Labute approximate surface area is 259 Å². The van der Waals surface area contributed by atoms with Gasteiger partial charge in [-0.2, -0.15) is 0 Å². The molecule has 45 heavy (non-hydrogen) atoms. The van der Waals surface area contributed by atoms with E-state index in [2.05, 4.69) is 0 Å². The molecule has 0 spiro atoms. The van der Waals surface area contributed by atoms with Crippen molar-refractivity contribution in [3.8, 4) is 22.6 Å². The largest absolute Gasteiger partial charge is 0.507 e. The maximum atomic E-state index is 13.3. The van der Waals surface area contributed by atoms with E-state index in [-0.39, 0.29) is 40.2 Å². The predicted octanol–water partition coefficient (Wildman–Crippen LogP) is 4.56. The van der Waals surface area contributed by atoms with E-state index in [0.717, 1.165) is 16.7 Å². The van der Waals surface area contributed by atoms with Gasteiger partial charge in [0.15, 0.2) is 18.0 Å². The Morgan fingerprint density at radius 2 is 1.71 bits per heavy atom. The number of benzene rings is 3. The quantitative estimate of drug-likeness (QED) is 0.188. The van der Waals surface area contributed by atoms with Gasteiger partial charge in [0.05, 0.1) is 16.6 Å². The number of aromatic hydroxyl groups is 1. The third kappa shape index (κ3) is 6.28. The molecule has 11 heteroatoms. The molecule has 4 aromatic rings. The van der Waals surface area contributed by atoms with Gasteiger partial charge in [-0.3, -0.25) is 4.79 Å². The number of nitrogens with two attached hydrogens (primary N) is 1. The minimum atomic E-state index is -1.50. The fourth-order valence-electron chi connectivity index (χ4n) is 5.72. The van der Waals surface area contributed by atoms with Crippen molar-refractivity contribution >= 4 is 22.8 Å². The molecule has 3 aromatic carbocycles. The highest BCUT2D eigenvalue weighted by Crippen LogP contribution is 2.38. The average Bonchev–Trinajstić information content (AvgIpc) is 2.99. The highest BCUT2D eigenvalue weighted by atomic mass is 16.7. The van der Waals surface area contributed by atoms with Crippen molar-refractivity contribution in [3.63, 3.8) is 0 Å². The molecule has 236 valence electrons. The van der Waals surface area contributed by atoms with Crippen LogP contribution in [0.25, 0.3) is 22.1 Å². The van der Waals surface area contributed by atoms with Gasteiger partial charge < -0.3 is 39.3 Å². The van der Waals surface area contributed by atoms with E-state index < -0.39 is 41.9 Å². The number of rotatable bonds is 8. The maximum Gasteiger partial charge on any atom is 0.404 e. The van der Waals surface area contributed by atoms with Crippen LogP contribution in [0.5, 0.6) is 11.5 Å². The molecule has 0 saturated carbocycles. The van der Waals surface area contributed by atoms with Crippen molar-refractivity contribution in [2.24, 2.45) is 5.73 Å². The summed E-state index contributed by atoms with van der Waals surface area (Å²) in [5.74, 6) is -0.585. The summed E-state index contributed by atoms with van der Waals surface area (Å²) in [5.41, 5.74) is 6.71. The molecule has 1 aliphatic rings. The lowest BCUT2D eigenvalue weighted by atomic mass is 9.89. The summed E-state index contributed by atoms with van der Waals surface area (Å²) in [6.07, 6.45) is -6.38. The molecule has 4 N–H and O–H groups in total. The molecule has 0 unspecified atom stereocenters. The minimum absolute atomic E-state index is 0.0249. The summed E-state index contributed by atoms with van der Waals surface area (Å²) in [4.78, 5) is 37.9. The van der Waals surface area contributed by atoms with Crippen molar-refractivity contribution < 1.29 is 43.2 Å². The van der Waals surface area contributed by atoms with Gasteiger partial charge in [0.1, 0.15) is 23.2 Å². The number of primary amides is 1. The normalized spacial score (nSPS) is 20.9. The molecule has 1 aromatic heterocycles. The number of aliphatic hydroxyl groups excluding tert-OH is 1. The summed E-state index contributed by atoms with van der Waals surface area (Å²) in [7, 11) is 1.38. The number of amides is 1. The number of aryl methyl sites for hydroxylation is 2. The Balaban J connectivity index is 1.42. The first-order chi connectivity index (χ1) is 21.3. The number of ketones is 1. The first kappa shape index (κ1) is 31.7. The number of aliphatic hydroxyl groups is 1. The van der Waals surface area contributed by atoms with E-state index in [9.17, 15) is 24.6 Å². The van der Waals surface area contributed by atoms with E-state index in [4.69, 9.17) is 29.1 Å². The maximum absolute atomic E-state index is 13.3. The summed E-state index contributed by atoms with van der Waals surface area (Å²) in [5, 5.41) is 22.3. The summed E-state index contributed by atoms with van der Waals surface area (Å²) >= 11 is 0. The standard InChI is InChI=1S/C34H35NO10/c1-17-8-6-9-19(14-17)20-10-7-11-21(15-20)24(36)16-23-26(37)22-12-13-25(18(2)28(22)43-31(23)39)42-32-27(38)29(44-33(35)40)30(41-5)34(3,4)45-32/h6-15,27,29-30,32,37-38H,16H2,1-5H3,(H2,35,40)/t27-,29+,30-,32-/m1/s1.